The maximum atomic E-state index is 6.81. The number of halogens is 1. The zero-order chi connectivity index (χ0) is 22.3. The van der Waals surface area contributed by atoms with Crippen LogP contribution in [0.3, 0.4) is 0 Å². The van der Waals surface area contributed by atoms with Gasteiger partial charge in [0.25, 0.3) is 5.91 Å². The van der Waals surface area contributed by atoms with Crippen molar-refractivity contribution in [3.8, 4) is 0 Å². The Bertz CT molecular complexity index is 990. The summed E-state index contributed by atoms with van der Waals surface area (Å²) >= 11 is 6.23. The molecule has 3 aliphatic rings. The molecule has 3 saturated heterocycles. The maximum absolute atomic E-state index is 6.81. The summed E-state index contributed by atoms with van der Waals surface area (Å²) in [4.78, 5) is 6.78. The average Bonchev–Trinajstić information content (AvgIpc) is 3.24. The fourth-order valence-corrected chi connectivity index (χ4v) is 5.32. The standard InChI is InChI=1S/C25H31ClN2O3/c1-21(2,3)28-20(17-12-14-19(26)15-13-17)24(18-10-8-7-9-11-18)23(6,30-24)25(31-28)27-22(4,5)16-29-25/h7-15,20,27H,16H2,1-6H3/t20-,23-,24-,25+/m0/s1. The fourth-order valence-electron chi connectivity index (χ4n) is 5.19. The Balaban J connectivity index is 1.74. The predicted octanol–water partition coefficient (Wildman–Crippen LogP) is 5.16. The van der Waals surface area contributed by atoms with Gasteiger partial charge in [-0.1, -0.05) is 54.1 Å². The van der Waals surface area contributed by atoms with Gasteiger partial charge in [-0.05, 0) is 64.8 Å². The highest BCUT2D eigenvalue weighted by Gasteiger charge is 2.87. The van der Waals surface area contributed by atoms with Crippen LogP contribution in [0.5, 0.6) is 0 Å². The van der Waals surface area contributed by atoms with Gasteiger partial charge in [0.15, 0.2) is 11.2 Å². The number of nitrogens with zero attached hydrogens (tertiary/aromatic N) is 1. The summed E-state index contributed by atoms with van der Waals surface area (Å²) in [7, 11) is 0. The van der Waals surface area contributed by atoms with Crippen molar-refractivity contribution < 1.29 is 14.3 Å². The normalized spacial score (nSPS) is 37.1. The Hall–Kier alpha value is -1.47. The van der Waals surface area contributed by atoms with Gasteiger partial charge in [0.2, 0.25) is 0 Å². The van der Waals surface area contributed by atoms with E-state index < -0.39 is 17.1 Å². The third kappa shape index (κ3) is 2.95. The van der Waals surface area contributed by atoms with Crippen molar-refractivity contribution in [2.45, 2.75) is 75.8 Å². The Morgan fingerprint density at radius 3 is 2.19 bits per heavy atom. The van der Waals surface area contributed by atoms with Crippen LogP contribution in [0, 0.1) is 0 Å². The number of rotatable bonds is 2. The van der Waals surface area contributed by atoms with Gasteiger partial charge in [0, 0.05) is 16.1 Å². The van der Waals surface area contributed by atoms with E-state index in [0.717, 1.165) is 11.1 Å². The van der Waals surface area contributed by atoms with Crippen LogP contribution in [0.25, 0.3) is 0 Å². The van der Waals surface area contributed by atoms with E-state index in [4.69, 9.17) is 25.9 Å². The van der Waals surface area contributed by atoms with E-state index in [-0.39, 0.29) is 17.1 Å². The molecule has 0 aromatic heterocycles. The summed E-state index contributed by atoms with van der Waals surface area (Å²) in [6.07, 6.45) is 0. The number of hydroxylamine groups is 2. The zero-order valence-corrected chi connectivity index (χ0v) is 19.8. The molecule has 6 heteroatoms. The van der Waals surface area contributed by atoms with Crippen LogP contribution < -0.4 is 5.32 Å². The average molecular weight is 443 g/mol. The molecule has 1 spiro atoms. The summed E-state index contributed by atoms with van der Waals surface area (Å²) in [6, 6.07) is 18.2. The van der Waals surface area contributed by atoms with Crippen molar-refractivity contribution >= 4 is 11.6 Å². The first-order valence-electron chi connectivity index (χ1n) is 10.9. The van der Waals surface area contributed by atoms with E-state index in [0.29, 0.717) is 11.6 Å². The lowest BCUT2D eigenvalue weighted by atomic mass is 9.74. The lowest BCUT2D eigenvalue weighted by Gasteiger charge is -2.52. The third-order valence-corrected chi connectivity index (χ3v) is 6.95. The third-order valence-electron chi connectivity index (χ3n) is 6.70. The minimum Gasteiger partial charge on any atom is -0.348 e. The van der Waals surface area contributed by atoms with Crippen molar-refractivity contribution in [3.05, 3.63) is 70.7 Å². The first-order chi connectivity index (χ1) is 14.4. The minimum absolute atomic E-state index is 0.197. The number of epoxide rings is 1. The molecule has 31 heavy (non-hydrogen) atoms. The monoisotopic (exact) mass is 442 g/mol. The van der Waals surface area contributed by atoms with Crippen molar-refractivity contribution in [3.63, 3.8) is 0 Å². The van der Waals surface area contributed by atoms with Crippen molar-refractivity contribution in [2.75, 3.05) is 6.61 Å². The summed E-state index contributed by atoms with van der Waals surface area (Å²) in [6.45, 7) is 13.3. The van der Waals surface area contributed by atoms with Crippen LogP contribution in [0.15, 0.2) is 54.6 Å². The summed E-state index contributed by atoms with van der Waals surface area (Å²) in [5.74, 6) is -1.09. The van der Waals surface area contributed by atoms with Gasteiger partial charge in [-0.15, -0.1) is 0 Å². The number of hydrogen-bond donors (Lipinski definition) is 1. The molecule has 2 aromatic carbocycles. The molecule has 0 saturated carbocycles. The van der Waals surface area contributed by atoms with Crippen molar-refractivity contribution in [1.29, 1.82) is 0 Å². The Morgan fingerprint density at radius 1 is 1.00 bits per heavy atom. The zero-order valence-electron chi connectivity index (χ0n) is 19.0. The Labute approximate surface area is 189 Å². The number of ether oxygens (including phenoxy) is 2. The van der Waals surface area contributed by atoms with E-state index in [9.17, 15) is 0 Å². The van der Waals surface area contributed by atoms with Crippen LogP contribution in [0.2, 0.25) is 5.02 Å². The van der Waals surface area contributed by atoms with Crippen molar-refractivity contribution in [1.82, 2.24) is 10.4 Å². The van der Waals surface area contributed by atoms with E-state index in [1.54, 1.807) is 0 Å². The maximum Gasteiger partial charge on any atom is 0.278 e. The van der Waals surface area contributed by atoms with E-state index in [1.165, 1.54) is 0 Å². The molecule has 3 fully saturated rings. The molecular weight excluding hydrogens is 412 g/mol. The van der Waals surface area contributed by atoms with Crippen LogP contribution >= 0.6 is 11.6 Å². The summed E-state index contributed by atoms with van der Waals surface area (Å²) in [5, 5.41) is 6.37. The van der Waals surface area contributed by atoms with E-state index >= 15 is 0 Å². The number of hydrogen-bond acceptors (Lipinski definition) is 5. The molecule has 3 aliphatic heterocycles. The van der Waals surface area contributed by atoms with Gasteiger partial charge in [-0.2, -0.15) is 5.06 Å². The molecule has 0 unspecified atom stereocenters. The van der Waals surface area contributed by atoms with E-state index in [2.05, 4.69) is 83.3 Å². The molecule has 0 aliphatic carbocycles. The van der Waals surface area contributed by atoms with Gasteiger partial charge >= 0.3 is 0 Å². The molecule has 2 aromatic rings. The van der Waals surface area contributed by atoms with Gasteiger partial charge in [0.1, 0.15) is 0 Å². The highest BCUT2D eigenvalue weighted by Crippen LogP contribution is 2.72. The second-order valence-electron chi connectivity index (χ2n) is 10.7. The molecule has 5 rings (SSSR count). The largest absolute Gasteiger partial charge is 0.348 e. The first-order valence-corrected chi connectivity index (χ1v) is 11.2. The molecule has 0 bridgehead atoms. The number of nitrogens with one attached hydrogen (secondary N) is 1. The Kier molecular flexibility index (Phi) is 4.51. The lowest BCUT2D eigenvalue weighted by molar-refractivity contribution is -0.411. The fraction of sp³-hybridized carbons (Fsp3) is 0.520. The molecular formula is C25H31ClN2O3. The second-order valence-corrected chi connectivity index (χ2v) is 11.1. The molecule has 0 amide bonds. The van der Waals surface area contributed by atoms with Crippen LogP contribution in [-0.2, 0) is 19.9 Å². The predicted molar refractivity (Wildman–Crippen MR) is 120 cm³/mol. The Morgan fingerprint density at radius 2 is 1.65 bits per heavy atom. The van der Waals surface area contributed by atoms with Crippen LogP contribution in [0.4, 0.5) is 0 Å². The molecule has 0 radical (unpaired) electrons. The molecule has 1 N–H and O–H groups in total. The van der Waals surface area contributed by atoms with Gasteiger partial charge in [-0.25, -0.2) is 4.84 Å². The molecule has 3 heterocycles. The molecule has 166 valence electrons. The molecule has 5 nitrogen and oxygen atoms in total. The highest BCUT2D eigenvalue weighted by molar-refractivity contribution is 6.30. The topological polar surface area (TPSA) is 46.3 Å². The lowest BCUT2D eigenvalue weighted by Crippen LogP contribution is -2.70. The smallest absolute Gasteiger partial charge is 0.278 e. The first kappa shape index (κ1) is 21.4. The van der Waals surface area contributed by atoms with Gasteiger partial charge in [-0.3, -0.25) is 5.32 Å². The number of benzene rings is 2. The molecule has 4 atom stereocenters. The quantitative estimate of drug-likeness (QED) is 0.650. The van der Waals surface area contributed by atoms with Crippen LogP contribution in [0.1, 0.15) is 58.7 Å². The minimum atomic E-state index is -1.09. The summed E-state index contributed by atoms with van der Waals surface area (Å²) < 4.78 is 13.2. The van der Waals surface area contributed by atoms with E-state index in [1.807, 2.05) is 23.3 Å². The number of fused-ring (bicyclic) bond motifs is 2. The second kappa shape index (κ2) is 6.53. The highest BCUT2D eigenvalue weighted by atomic mass is 35.5. The van der Waals surface area contributed by atoms with Crippen molar-refractivity contribution in [2.24, 2.45) is 0 Å². The van der Waals surface area contributed by atoms with Crippen LogP contribution in [-0.4, -0.2) is 34.3 Å². The SMILES string of the molecule is CC1(C)CO[C@@]2(N1)ON(C(C)(C)C)[C@@H](c1ccc(Cl)cc1)[C@]1(c3ccccc3)O[C@]21C. The summed E-state index contributed by atoms with van der Waals surface area (Å²) in [5.41, 5.74) is 0.212. The van der Waals surface area contributed by atoms with Gasteiger partial charge in [0.05, 0.1) is 12.6 Å². The van der Waals surface area contributed by atoms with Gasteiger partial charge < -0.3 is 9.47 Å².